The number of aromatic nitrogens is 3. The number of aromatic carboxylic acids is 1. The molecule has 2 aromatic heterocycles. The van der Waals surface area contributed by atoms with Gasteiger partial charge in [0, 0.05) is 18.7 Å². The SMILES string of the molecule is COCc1cc(C2CC2)nc2c(C(=O)O)ncn12.[NaH]. The molecule has 0 amide bonds. The predicted octanol–water partition coefficient (Wildman–Crippen LogP) is 0.803. The third kappa shape index (κ3) is 2.67. The Hall–Kier alpha value is -0.950. The molecule has 1 aliphatic carbocycles. The summed E-state index contributed by atoms with van der Waals surface area (Å²) in [7, 11) is 1.61. The topological polar surface area (TPSA) is 76.7 Å². The van der Waals surface area contributed by atoms with Crippen molar-refractivity contribution >= 4 is 41.2 Å². The van der Waals surface area contributed by atoms with Crippen molar-refractivity contribution < 1.29 is 14.6 Å². The number of carboxylic acid groups (broad SMARTS) is 1. The van der Waals surface area contributed by atoms with Gasteiger partial charge in [-0.3, -0.25) is 4.40 Å². The van der Waals surface area contributed by atoms with E-state index in [1.54, 1.807) is 11.5 Å². The van der Waals surface area contributed by atoms with Gasteiger partial charge in [0.05, 0.1) is 12.3 Å². The number of nitrogens with zero attached hydrogens (tertiary/aromatic N) is 3. The maximum atomic E-state index is 11.1. The van der Waals surface area contributed by atoms with Crippen LogP contribution in [-0.4, -0.2) is 62.1 Å². The van der Waals surface area contributed by atoms with E-state index < -0.39 is 5.97 Å². The number of hydrogen-bond donors (Lipinski definition) is 1. The van der Waals surface area contributed by atoms with Crippen molar-refractivity contribution in [2.24, 2.45) is 0 Å². The molecule has 2 aromatic rings. The molecule has 96 valence electrons. The number of carboxylic acids is 1. The average molecular weight is 271 g/mol. The van der Waals surface area contributed by atoms with Gasteiger partial charge in [-0.25, -0.2) is 14.8 Å². The standard InChI is InChI=1S/C12H13N3O3.Na.H/c1-18-5-8-4-9(7-2-3-7)14-11-10(12(16)17)13-6-15(8)11;;/h4,6-7H,2-3,5H2,1H3,(H,16,17);;. The Morgan fingerprint density at radius 1 is 1.58 bits per heavy atom. The summed E-state index contributed by atoms with van der Waals surface area (Å²) >= 11 is 0. The molecule has 1 N–H and O–H groups in total. The minimum absolute atomic E-state index is 0. The number of ether oxygens (including phenoxy) is 1. The number of rotatable bonds is 4. The first-order chi connectivity index (χ1) is 8.70. The van der Waals surface area contributed by atoms with Crippen LogP contribution < -0.4 is 0 Å². The fourth-order valence-electron chi connectivity index (χ4n) is 2.05. The zero-order chi connectivity index (χ0) is 12.7. The third-order valence-electron chi connectivity index (χ3n) is 3.09. The van der Waals surface area contributed by atoms with E-state index >= 15 is 0 Å². The summed E-state index contributed by atoms with van der Waals surface area (Å²) in [6.45, 7) is 0.411. The van der Waals surface area contributed by atoms with Crippen molar-refractivity contribution in [3.8, 4) is 0 Å². The Balaban J connectivity index is 0.00000133. The fourth-order valence-corrected chi connectivity index (χ4v) is 2.05. The number of carbonyl (C=O) groups is 1. The molecule has 1 fully saturated rings. The van der Waals surface area contributed by atoms with Crippen LogP contribution >= 0.6 is 0 Å². The Kier molecular flexibility index (Phi) is 4.25. The van der Waals surface area contributed by atoms with E-state index in [1.165, 1.54) is 6.33 Å². The van der Waals surface area contributed by atoms with Gasteiger partial charge in [0.25, 0.3) is 0 Å². The molecule has 0 spiro atoms. The number of fused-ring (bicyclic) bond motifs is 1. The molecular formula is C12H14N3NaO3. The molecule has 0 aliphatic heterocycles. The van der Waals surface area contributed by atoms with E-state index in [4.69, 9.17) is 9.84 Å². The van der Waals surface area contributed by atoms with Gasteiger partial charge in [-0.15, -0.1) is 0 Å². The molecule has 0 radical (unpaired) electrons. The zero-order valence-corrected chi connectivity index (χ0v) is 9.96. The second-order valence-corrected chi connectivity index (χ2v) is 4.47. The van der Waals surface area contributed by atoms with Gasteiger partial charge in [0.2, 0.25) is 0 Å². The minimum atomic E-state index is -1.05. The summed E-state index contributed by atoms with van der Waals surface area (Å²) in [5.41, 5.74) is 2.22. The van der Waals surface area contributed by atoms with Crippen LogP contribution in [0.25, 0.3) is 5.65 Å². The molecule has 0 atom stereocenters. The number of hydrogen-bond acceptors (Lipinski definition) is 4. The van der Waals surface area contributed by atoms with Gasteiger partial charge < -0.3 is 9.84 Å². The van der Waals surface area contributed by atoms with Gasteiger partial charge in [0.15, 0.2) is 11.3 Å². The summed E-state index contributed by atoms with van der Waals surface area (Å²) in [6.07, 6.45) is 3.72. The van der Waals surface area contributed by atoms with Crippen molar-refractivity contribution in [2.75, 3.05) is 7.11 Å². The van der Waals surface area contributed by atoms with Crippen LogP contribution in [0.3, 0.4) is 0 Å². The van der Waals surface area contributed by atoms with Crippen molar-refractivity contribution in [3.63, 3.8) is 0 Å². The fraction of sp³-hybridized carbons (Fsp3) is 0.417. The van der Waals surface area contributed by atoms with Crippen LogP contribution in [-0.2, 0) is 11.3 Å². The molecule has 3 rings (SSSR count). The van der Waals surface area contributed by atoms with E-state index in [9.17, 15) is 4.79 Å². The van der Waals surface area contributed by atoms with Crippen molar-refractivity contribution in [1.29, 1.82) is 0 Å². The van der Waals surface area contributed by atoms with E-state index in [1.807, 2.05) is 6.07 Å². The first kappa shape index (κ1) is 14.5. The summed E-state index contributed by atoms with van der Waals surface area (Å²) in [4.78, 5) is 19.4. The molecule has 7 heteroatoms. The monoisotopic (exact) mass is 271 g/mol. The molecule has 0 aromatic carbocycles. The van der Waals surface area contributed by atoms with Crippen LogP contribution in [0.1, 0.15) is 40.6 Å². The molecule has 0 saturated heterocycles. The number of imidazole rings is 1. The Morgan fingerprint density at radius 3 is 2.89 bits per heavy atom. The summed E-state index contributed by atoms with van der Waals surface area (Å²) in [6, 6.07) is 1.97. The third-order valence-corrected chi connectivity index (χ3v) is 3.09. The van der Waals surface area contributed by atoms with E-state index in [0.29, 0.717) is 18.2 Å². The predicted molar refractivity (Wildman–Crippen MR) is 69.8 cm³/mol. The molecular weight excluding hydrogens is 257 g/mol. The molecule has 2 heterocycles. The van der Waals surface area contributed by atoms with Crippen LogP contribution in [0.15, 0.2) is 12.4 Å². The van der Waals surface area contributed by atoms with Crippen LogP contribution in [0.5, 0.6) is 0 Å². The summed E-state index contributed by atoms with van der Waals surface area (Å²) in [5.74, 6) is -0.594. The second kappa shape index (κ2) is 5.58. The van der Waals surface area contributed by atoms with Crippen molar-refractivity contribution in [3.05, 3.63) is 29.5 Å². The van der Waals surface area contributed by atoms with E-state index in [2.05, 4.69) is 9.97 Å². The second-order valence-electron chi connectivity index (χ2n) is 4.47. The molecule has 1 aliphatic rings. The van der Waals surface area contributed by atoms with Gasteiger partial charge >= 0.3 is 35.5 Å². The van der Waals surface area contributed by atoms with E-state index in [0.717, 1.165) is 24.2 Å². The van der Waals surface area contributed by atoms with Gasteiger partial charge in [-0.2, -0.15) is 0 Å². The molecule has 19 heavy (non-hydrogen) atoms. The zero-order valence-electron chi connectivity index (χ0n) is 9.96. The quantitative estimate of drug-likeness (QED) is 0.832. The Bertz CT molecular complexity index is 622. The normalized spacial score (nSPS) is 14.4. The van der Waals surface area contributed by atoms with Gasteiger partial charge in [-0.1, -0.05) is 0 Å². The van der Waals surface area contributed by atoms with Crippen molar-refractivity contribution in [1.82, 2.24) is 14.4 Å². The van der Waals surface area contributed by atoms with E-state index in [-0.39, 0.29) is 35.3 Å². The molecule has 0 unspecified atom stereocenters. The van der Waals surface area contributed by atoms with Crippen LogP contribution in [0, 0.1) is 0 Å². The van der Waals surface area contributed by atoms with Crippen molar-refractivity contribution in [2.45, 2.75) is 25.4 Å². The Labute approximate surface area is 132 Å². The Morgan fingerprint density at radius 2 is 2.32 bits per heavy atom. The summed E-state index contributed by atoms with van der Waals surface area (Å²) in [5, 5.41) is 9.09. The van der Waals surface area contributed by atoms with Crippen LogP contribution in [0.2, 0.25) is 0 Å². The average Bonchev–Trinajstić information content (AvgIpc) is 3.09. The molecule has 1 saturated carbocycles. The van der Waals surface area contributed by atoms with Crippen LogP contribution in [0.4, 0.5) is 0 Å². The van der Waals surface area contributed by atoms with Gasteiger partial charge in [-0.05, 0) is 18.9 Å². The van der Waals surface area contributed by atoms with Gasteiger partial charge in [0.1, 0.15) is 6.33 Å². The molecule has 6 nitrogen and oxygen atoms in total. The number of methoxy groups -OCH3 is 1. The first-order valence-corrected chi connectivity index (χ1v) is 5.80. The first-order valence-electron chi connectivity index (χ1n) is 5.80. The molecule has 0 bridgehead atoms. The summed E-state index contributed by atoms with van der Waals surface area (Å²) < 4.78 is 6.82. The maximum absolute atomic E-state index is 11.1.